The van der Waals surface area contributed by atoms with Crippen LogP contribution in [0.3, 0.4) is 0 Å². The lowest BCUT2D eigenvalue weighted by atomic mass is 9.97. The Morgan fingerprint density at radius 3 is 1.62 bits per heavy atom. The fourth-order valence-corrected chi connectivity index (χ4v) is 4.30. The van der Waals surface area contributed by atoms with Gasteiger partial charge in [-0.25, -0.2) is 0 Å². The lowest BCUT2D eigenvalue weighted by Gasteiger charge is -2.13. The van der Waals surface area contributed by atoms with Crippen molar-refractivity contribution >= 4 is 11.9 Å². The van der Waals surface area contributed by atoms with Crippen molar-refractivity contribution in [1.29, 1.82) is 0 Å². The molecule has 0 amide bonds. The zero-order chi connectivity index (χ0) is 25.1. The van der Waals surface area contributed by atoms with Gasteiger partial charge in [-0.15, -0.1) is 0 Å². The Kier molecular flexibility index (Phi) is 24.8. The molecule has 0 rings (SSSR count). The summed E-state index contributed by atoms with van der Waals surface area (Å²) in [6.07, 6.45) is 31.2. The highest BCUT2D eigenvalue weighted by molar-refractivity contribution is 5.79. The lowest BCUT2D eigenvalue weighted by molar-refractivity contribution is -0.152. The van der Waals surface area contributed by atoms with Gasteiger partial charge in [0, 0.05) is 0 Å². The first kappa shape index (κ1) is 32.4. The van der Waals surface area contributed by atoms with Crippen molar-refractivity contribution in [2.45, 2.75) is 142 Å². The number of carboxylic acids is 1. The predicted molar refractivity (Wildman–Crippen MR) is 144 cm³/mol. The van der Waals surface area contributed by atoms with Crippen LogP contribution >= 0.6 is 0 Å². The van der Waals surface area contributed by atoms with Crippen LogP contribution in [-0.2, 0) is 14.3 Å². The normalized spacial score (nSPS) is 12.1. The lowest BCUT2D eigenvalue weighted by Crippen LogP contribution is -2.21. The predicted octanol–water partition coefficient (Wildman–Crippen LogP) is 9.18. The van der Waals surface area contributed by atoms with Crippen molar-refractivity contribution in [2.75, 3.05) is 6.61 Å². The van der Waals surface area contributed by atoms with Gasteiger partial charge in [0.1, 0.15) is 6.61 Å². The third-order valence-corrected chi connectivity index (χ3v) is 6.41. The summed E-state index contributed by atoms with van der Waals surface area (Å²) in [7, 11) is 0. The van der Waals surface area contributed by atoms with Gasteiger partial charge in [0.15, 0.2) is 0 Å². The van der Waals surface area contributed by atoms with Gasteiger partial charge in [0.2, 0.25) is 0 Å². The van der Waals surface area contributed by atoms with E-state index in [9.17, 15) is 9.59 Å². The molecule has 0 saturated carbocycles. The summed E-state index contributed by atoms with van der Waals surface area (Å²) in [4.78, 5) is 22.9. The maximum atomic E-state index is 11.9. The third-order valence-electron chi connectivity index (χ3n) is 6.41. The number of carboxylic acid groups (broad SMARTS) is 1. The molecule has 0 heterocycles. The highest BCUT2D eigenvalue weighted by Crippen LogP contribution is 2.18. The summed E-state index contributed by atoms with van der Waals surface area (Å²) in [5, 5.41) is 9.00. The van der Waals surface area contributed by atoms with E-state index >= 15 is 0 Å². The van der Waals surface area contributed by atoms with Gasteiger partial charge >= 0.3 is 11.9 Å². The zero-order valence-corrected chi connectivity index (χ0v) is 22.2. The van der Waals surface area contributed by atoms with E-state index in [0.29, 0.717) is 6.42 Å². The second kappa shape index (κ2) is 26.0. The molecule has 198 valence electrons. The minimum absolute atomic E-state index is 0.144. The van der Waals surface area contributed by atoms with Gasteiger partial charge in [-0.2, -0.15) is 0 Å². The van der Waals surface area contributed by atoms with E-state index in [1.54, 1.807) is 0 Å². The van der Waals surface area contributed by atoms with E-state index in [2.05, 4.69) is 25.7 Å². The van der Waals surface area contributed by atoms with E-state index < -0.39 is 17.9 Å². The van der Waals surface area contributed by atoms with E-state index in [-0.39, 0.29) is 13.0 Å². The summed E-state index contributed by atoms with van der Waals surface area (Å²) in [5.41, 5.74) is 0. The fourth-order valence-electron chi connectivity index (χ4n) is 4.30. The van der Waals surface area contributed by atoms with Crippen LogP contribution in [0.4, 0.5) is 0 Å². The van der Waals surface area contributed by atoms with Crippen molar-refractivity contribution in [3.05, 3.63) is 24.8 Å². The zero-order valence-electron chi connectivity index (χ0n) is 22.2. The van der Waals surface area contributed by atoms with Gasteiger partial charge in [-0.3, -0.25) is 9.59 Å². The summed E-state index contributed by atoms with van der Waals surface area (Å²) >= 11 is 0. The fraction of sp³-hybridized carbons (Fsp3) is 0.800. The average molecular weight is 479 g/mol. The topological polar surface area (TPSA) is 63.6 Å². The first-order valence-corrected chi connectivity index (χ1v) is 14.3. The number of esters is 1. The molecule has 4 heteroatoms. The highest BCUT2D eigenvalue weighted by atomic mass is 16.5. The summed E-state index contributed by atoms with van der Waals surface area (Å²) in [6, 6.07) is 0. The average Bonchev–Trinajstić information content (AvgIpc) is 2.82. The molecular formula is C30H54O4. The van der Waals surface area contributed by atoms with Gasteiger partial charge in [0.25, 0.3) is 0 Å². The molecule has 1 unspecified atom stereocenters. The van der Waals surface area contributed by atoms with E-state index in [0.717, 1.165) is 19.3 Å². The number of hydrogen-bond acceptors (Lipinski definition) is 3. The van der Waals surface area contributed by atoms with Gasteiger partial charge in [0.05, 0.1) is 12.3 Å². The molecule has 0 radical (unpaired) electrons. The SMILES string of the molecule is C=CCOC(=O)C(CCCCCCCCCCCC/C=C/CCCCCCCCC)CC(=O)O. The minimum Gasteiger partial charge on any atom is -0.481 e. The highest BCUT2D eigenvalue weighted by Gasteiger charge is 2.22. The third kappa shape index (κ3) is 23.6. The molecule has 0 aromatic rings. The smallest absolute Gasteiger partial charge is 0.309 e. The number of allylic oxidation sites excluding steroid dienone is 2. The summed E-state index contributed by atoms with van der Waals surface area (Å²) < 4.78 is 5.03. The Hall–Kier alpha value is -1.58. The number of hydrogen-bond donors (Lipinski definition) is 1. The molecular weight excluding hydrogens is 424 g/mol. The van der Waals surface area contributed by atoms with Crippen molar-refractivity contribution in [3.63, 3.8) is 0 Å². The van der Waals surface area contributed by atoms with E-state index in [4.69, 9.17) is 9.84 Å². The molecule has 0 fully saturated rings. The molecule has 0 aromatic heterocycles. The van der Waals surface area contributed by atoms with Crippen LogP contribution in [0.5, 0.6) is 0 Å². The van der Waals surface area contributed by atoms with Crippen LogP contribution in [-0.4, -0.2) is 23.7 Å². The van der Waals surface area contributed by atoms with Gasteiger partial charge in [-0.05, 0) is 32.1 Å². The summed E-state index contributed by atoms with van der Waals surface area (Å²) in [6.45, 7) is 5.93. The van der Waals surface area contributed by atoms with Crippen LogP contribution < -0.4 is 0 Å². The number of aliphatic carboxylic acids is 1. The monoisotopic (exact) mass is 478 g/mol. The standard InChI is InChI=1S/C30H54O4/c1-3-5-6-7-8-9-10-11-12-13-14-15-16-17-18-19-20-21-22-23-24-25-28(27-29(31)32)30(33)34-26-4-2/h4,12-13,28H,2-3,5-11,14-27H2,1H3,(H,31,32)/b13-12+. The van der Waals surface area contributed by atoms with Crippen LogP contribution in [0, 0.1) is 5.92 Å². The molecule has 4 nitrogen and oxygen atoms in total. The Bertz CT molecular complexity index is 512. The Balaban J connectivity index is 3.44. The van der Waals surface area contributed by atoms with E-state index in [1.807, 2.05) is 0 Å². The Morgan fingerprint density at radius 2 is 1.18 bits per heavy atom. The number of carbonyl (C=O) groups excluding carboxylic acids is 1. The van der Waals surface area contributed by atoms with E-state index in [1.165, 1.54) is 109 Å². The molecule has 0 aliphatic carbocycles. The molecule has 0 spiro atoms. The first-order valence-electron chi connectivity index (χ1n) is 14.3. The molecule has 0 bridgehead atoms. The quantitative estimate of drug-likeness (QED) is 0.0764. The first-order chi connectivity index (χ1) is 16.6. The number of ether oxygens (including phenoxy) is 1. The van der Waals surface area contributed by atoms with Crippen LogP contribution in [0.1, 0.15) is 142 Å². The van der Waals surface area contributed by atoms with Crippen molar-refractivity contribution < 1.29 is 19.4 Å². The Morgan fingerprint density at radius 1 is 0.735 bits per heavy atom. The summed E-state index contributed by atoms with van der Waals surface area (Å²) in [5.74, 6) is -1.89. The second-order valence-corrected chi connectivity index (χ2v) is 9.71. The van der Waals surface area contributed by atoms with Crippen molar-refractivity contribution in [2.24, 2.45) is 5.92 Å². The van der Waals surface area contributed by atoms with Crippen LogP contribution in [0.2, 0.25) is 0 Å². The van der Waals surface area contributed by atoms with Crippen LogP contribution in [0.25, 0.3) is 0 Å². The number of unbranched alkanes of at least 4 members (excludes halogenated alkanes) is 17. The molecule has 0 aliphatic rings. The van der Waals surface area contributed by atoms with Crippen LogP contribution in [0.15, 0.2) is 24.8 Å². The largest absolute Gasteiger partial charge is 0.481 e. The van der Waals surface area contributed by atoms with Gasteiger partial charge in [-0.1, -0.05) is 128 Å². The Labute approximate surface area is 210 Å². The van der Waals surface area contributed by atoms with Gasteiger partial charge < -0.3 is 9.84 Å². The molecule has 1 atom stereocenters. The minimum atomic E-state index is -0.944. The molecule has 34 heavy (non-hydrogen) atoms. The maximum Gasteiger partial charge on any atom is 0.309 e. The number of carbonyl (C=O) groups is 2. The molecule has 0 aliphatic heterocycles. The number of rotatable bonds is 26. The van der Waals surface area contributed by atoms with Crippen molar-refractivity contribution in [3.8, 4) is 0 Å². The second-order valence-electron chi connectivity index (χ2n) is 9.71. The molecule has 0 saturated heterocycles. The molecule has 1 N–H and O–H groups in total. The maximum absolute atomic E-state index is 11.9. The molecule has 0 aromatic carbocycles. The van der Waals surface area contributed by atoms with Crippen molar-refractivity contribution in [1.82, 2.24) is 0 Å².